The van der Waals surface area contributed by atoms with E-state index in [9.17, 15) is 31.5 Å². The number of carbonyl (C=O) groups excluding carboxylic acids is 1. The molecule has 0 aliphatic rings. The van der Waals surface area contributed by atoms with Gasteiger partial charge >= 0.3 is 18.1 Å². The van der Waals surface area contributed by atoms with Crippen molar-refractivity contribution in [1.82, 2.24) is 0 Å². The highest BCUT2D eigenvalue weighted by Gasteiger charge is 2.49. The minimum atomic E-state index is -5.48. The minimum absolute atomic E-state index is 0.343. The smallest absolute Gasteiger partial charge is 0.431 e. The highest BCUT2D eigenvalue weighted by Crippen LogP contribution is 2.29. The maximum Gasteiger partial charge on any atom is 0.431 e. The first-order chi connectivity index (χ1) is 11.1. The molecule has 2 rings (SSSR count). The average molecular weight is 348 g/mol. The van der Waals surface area contributed by atoms with Crippen LogP contribution in [0.2, 0.25) is 0 Å². The van der Waals surface area contributed by atoms with E-state index in [0.29, 0.717) is 10.8 Å². The van der Waals surface area contributed by atoms with Gasteiger partial charge in [0.15, 0.2) is 0 Å². The summed E-state index contributed by atoms with van der Waals surface area (Å²) in [6.07, 6.45) is -13.1. The molecule has 0 heterocycles. The first kappa shape index (κ1) is 17.6. The number of aromatic carboxylic acids is 1. The molecule has 0 aromatic heterocycles. The fourth-order valence-corrected chi connectivity index (χ4v) is 2.03. The van der Waals surface area contributed by atoms with Crippen LogP contribution in [-0.4, -0.2) is 35.8 Å². The third-order valence-corrected chi connectivity index (χ3v) is 3.12. The first-order valence-corrected chi connectivity index (χ1v) is 6.43. The monoisotopic (exact) mass is 348 g/mol. The van der Waals surface area contributed by atoms with Crippen molar-refractivity contribution in [3.8, 4) is 0 Å². The maximum atomic E-state index is 12.5. The van der Waals surface area contributed by atoms with E-state index in [1.807, 2.05) is 0 Å². The molecule has 0 radical (unpaired) electrons. The SMILES string of the molecule is O=C(O)c1cc2ccccc2cc1C(=O)OC(C(F)F)C(F)(F)F. The molecule has 24 heavy (non-hydrogen) atoms. The Bertz CT molecular complexity index is 785. The summed E-state index contributed by atoms with van der Waals surface area (Å²) in [4.78, 5) is 23.1. The van der Waals surface area contributed by atoms with Gasteiger partial charge in [-0.15, -0.1) is 0 Å². The van der Waals surface area contributed by atoms with Crippen LogP contribution in [0.3, 0.4) is 0 Å². The minimum Gasteiger partial charge on any atom is -0.478 e. The van der Waals surface area contributed by atoms with Gasteiger partial charge in [0.25, 0.3) is 12.5 Å². The van der Waals surface area contributed by atoms with Crippen LogP contribution in [0.5, 0.6) is 0 Å². The molecule has 0 bridgehead atoms. The van der Waals surface area contributed by atoms with Gasteiger partial charge in [0, 0.05) is 0 Å². The number of esters is 1. The number of alkyl halides is 5. The van der Waals surface area contributed by atoms with Crippen LogP contribution in [0.4, 0.5) is 22.0 Å². The number of carboxylic acids is 1. The van der Waals surface area contributed by atoms with Crippen molar-refractivity contribution in [1.29, 1.82) is 0 Å². The Morgan fingerprint density at radius 3 is 1.92 bits per heavy atom. The van der Waals surface area contributed by atoms with Crippen LogP contribution < -0.4 is 0 Å². The van der Waals surface area contributed by atoms with E-state index in [0.717, 1.165) is 12.1 Å². The number of halogens is 5. The van der Waals surface area contributed by atoms with Crippen molar-refractivity contribution >= 4 is 22.7 Å². The number of hydrogen-bond donors (Lipinski definition) is 1. The van der Waals surface area contributed by atoms with Gasteiger partial charge in [0.05, 0.1) is 11.1 Å². The lowest BCUT2D eigenvalue weighted by Gasteiger charge is -2.20. The van der Waals surface area contributed by atoms with E-state index in [1.54, 1.807) is 12.1 Å². The maximum absolute atomic E-state index is 12.5. The summed E-state index contributed by atoms with van der Waals surface area (Å²) in [5.74, 6) is -3.39. The van der Waals surface area contributed by atoms with E-state index in [1.165, 1.54) is 12.1 Å². The summed E-state index contributed by atoms with van der Waals surface area (Å²) < 4.78 is 66.2. The zero-order chi connectivity index (χ0) is 18.1. The third kappa shape index (κ3) is 3.61. The number of carboxylic acid groups (broad SMARTS) is 1. The van der Waals surface area contributed by atoms with Crippen molar-refractivity contribution in [2.75, 3.05) is 0 Å². The van der Waals surface area contributed by atoms with E-state index in [4.69, 9.17) is 5.11 Å². The van der Waals surface area contributed by atoms with Crippen LogP contribution in [0.15, 0.2) is 36.4 Å². The highest BCUT2D eigenvalue weighted by atomic mass is 19.4. The van der Waals surface area contributed by atoms with Crippen molar-refractivity contribution < 1.29 is 41.4 Å². The molecule has 0 amide bonds. The van der Waals surface area contributed by atoms with E-state index in [-0.39, 0.29) is 0 Å². The average Bonchev–Trinajstić information content (AvgIpc) is 2.49. The van der Waals surface area contributed by atoms with E-state index < -0.39 is 41.8 Å². The zero-order valence-corrected chi connectivity index (χ0v) is 11.7. The number of hydrogen-bond acceptors (Lipinski definition) is 3. The molecule has 0 aliphatic carbocycles. The molecule has 0 saturated heterocycles. The van der Waals surface area contributed by atoms with Gasteiger partial charge in [0.2, 0.25) is 0 Å². The number of benzene rings is 2. The predicted molar refractivity (Wildman–Crippen MR) is 72.2 cm³/mol. The molecule has 2 aromatic carbocycles. The van der Waals surface area contributed by atoms with Crippen molar-refractivity contribution in [2.24, 2.45) is 0 Å². The summed E-state index contributed by atoms with van der Waals surface area (Å²) in [6, 6.07) is 8.18. The normalized spacial score (nSPS) is 13.1. The second-order valence-corrected chi connectivity index (χ2v) is 4.75. The molecule has 9 heteroatoms. The predicted octanol–water partition coefficient (Wildman–Crippen LogP) is 3.89. The van der Waals surface area contributed by atoms with Gasteiger partial charge in [-0.25, -0.2) is 18.4 Å². The quantitative estimate of drug-likeness (QED) is 0.673. The standard InChI is InChI=1S/C15H9F5O4/c16-12(17)11(15(18,19)20)24-14(23)10-6-8-4-2-1-3-7(8)5-9(10)13(21)22/h1-6,11-12H,(H,21,22). The fraction of sp³-hybridized carbons (Fsp3) is 0.200. The lowest BCUT2D eigenvalue weighted by atomic mass is 10.0. The second-order valence-electron chi connectivity index (χ2n) is 4.75. The van der Waals surface area contributed by atoms with Crippen molar-refractivity contribution in [2.45, 2.75) is 18.7 Å². The number of fused-ring (bicyclic) bond motifs is 1. The van der Waals surface area contributed by atoms with E-state index in [2.05, 4.69) is 4.74 Å². The Hall–Kier alpha value is -2.71. The largest absolute Gasteiger partial charge is 0.478 e. The molecule has 128 valence electrons. The Morgan fingerprint density at radius 2 is 1.50 bits per heavy atom. The van der Waals surface area contributed by atoms with Crippen molar-refractivity contribution in [3.63, 3.8) is 0 Å². The Morgan fingerprint density at radius 1 is 1.00 bits per heavy atom. The van der Waals surface area contributed by atoms with Crippen LogP contribution >= 0.6 is 0 Å². The summed E-state index contributed by atoms with van der Waals surface area (Å²) in [5, 5.41) is 9.85. The van der Waals surface area contributed by atoms with Gasteiger partial charge in [-0.05, 0) is 22.9 Å². The molecular weight excluding hydrogens is 339 g/mol. The summed E-state index contributed by atoms with van der Waals surface area (Å²) in [7, 11) is 0. The van der Waals surface area contributed by atoms with Crippen LogP contribution in [0, 0.1) is 0 Å². The molecule has 0 saturated carbocycles. The summed E-state index contributed by atoms with van der Waals surface area (Å²) in [6.45, 7) is 0. The molecule has 4 nitrogen and oxygen atoms in total. The van der Waals surface area contributed by atoms with Crippen LogP contribution in [0.1, 0.15) is 20.7 Å². The number of ether oxygens (including phenoxy) is 1. The number of carbonyl (C=O) groups is 2. The fourth-order valence-electron chi connectivity index (χ4n) is 2.03. The topological polar surface area (TPSA) is 63.6 Å². The Kier molecular flexibility index (Phi) is 4.72. The van der Waals surface area contributed by atoms with Crippen LogP contribution in [0.25, 0.3) is 10.8 Å². The lowest BCUT2D eigenvalue weighted by molar-refractivity contribution is -0.236. The summed E-state index contributed by atoms with van der Waals surface area (Å²) >= 11 is 0. The molecule has 0 spiro atoms. The second kappa shape index (κ2) is 6.42. The van der Waals surface area contributed by atoms with Gasteiger partial charge in [-0.2, -0.15) is 13.2 Å². The zero-order valence-electron chi connectivity index (χ0n) is 11.7. The lowest BCUT2D eigenvalue weighted by Crippen LogP contribution is -2.39. The van der Waals surface area contributed by atoms with Crippen molar-refractivity contribution in [3.05, 3.63) is 47.5 Å². The first-order valence-electron chi connectivity index (χ1n) is 6.43. The summed E-state index contributed by atoms with van der Waals surface area (Å²) in [5.41, 5.74) is -1.38. The number of rotatable bonds is 4. The Balaban J connectivity index is 2.48. The Labute approximate surface area is 131 Å². The van der Waals surface area contributed by atoms with Gasteiger partial charge < -0.3 is 9.84 Å². The molecule has 1 atom stereocenters. The van der Waals surface area contributed by atoms with Gasteiger partial charge in [-0.3, -0.25) is 0 Å². The van der Waals surface area contributed by atoms with E-state index >= 15 is 0 Å². The molecule has 0 aliphatic heterocycles. The molecular formula is C15H9F5O4. The highest BCUT2D eigenvalue weighted by molar-refractivity contribution is 6.06. The third-order valence-electron chi connectivity index (χ3n) is 3.12. The molecule has 1 N–H and O–H groups in total. The molecule has 0 fully saturated rings. The molecule has 1 unspecified atom stereocenters. The molecule has 2 aromatic rings. The van der Waals surface area contributed by atoms with Gasteiger partial charge in [-0.1, -0.05) is 24.3 Å². The van der Waals surface area contributed by atoms with Crippen LogP contribution in [-0.2, 0) is 4.74 Å². The van der Waals surface area contributed by atoms with Gasteiger partial charge in [0.1, 0.15) is 0 Å².